The third-order valence-corrected chi connectivity index (χ3v) is 6.82. The summed E-state index contributed by atoms with van der Waals surface area (Å²) >= 11 is 1.45. The minimum absolute atomic E-state index is 0.0481. The van der Waals surface area contributed by atoms with Gasteiger partial charge < -0.3 is 4.90 Å². The van der Waals surface area contributed by atoms with Crippen LogP contribution in [0.25, 0.3) is 0 Å². The van der Waals surface area contributed by atoms with Crippen LogP contribution >= 0.6 is 11.3 Å². The Bertz CT molecular complexity index is 892. The Labute approximate surface area is 158 Å². The third kappa shape index (κ3) is 3.97. The van der Waals surface area contributed by atoms with E-state index in [0.29, 0.717) is 25.2 Å². The minimum Gasteiger partial charge on any atom is -0.315 e. The van der Waals surface area contributed by atoms with Crippen LogP contribution < -0.4 is 9.62 Å². The molecule has 1 aliphatic heterocycles. The van der Waals surface area contributed by atoms with E-state index in [9.17, 15) is 13.2 Å². The van der Waals surface area contributed by atoms with Gasteiger partial charge in [-0.2, -0.15) is 0 Å². The number of nitrogens with zero attached hydrogens (tertiary/aromatic N) is 2. The van der Waals surface area contributed by atoms with Crippen LogP contribution in [-0.2, 0) is 21.2 Å². The van der Waals surface area contributed by atoms with E-state index in [4.69, 9.17) is 0 Å². The molecule has 0 saturated carbocycles. The van der Waals surface area contributed by atoms with Crippen molar-refractivity contribution in [2.75, 3.05) is 11.9 Å². The number of aryl methyl sites for hydroxylation is 1. The fraction of sp³-hybridized carbons (Fsp3) is 0.444. The topological polar surface area (TPSA) is 79.4 Å². The number of hydrogen-bond donors (Lipinski definition) is 1. The second-order valence-corrected chi connectivity index (χ2v) is 9.56. The minimum atomic E-state index is -3.68. The van der Waals surface area contributed by atoms with Crippen molar-refractivity contribution in [2.45, 2.75) is 44.0 Å². The van der Waals surface area contributed by atoms with Gasteiger partial charge in [-0.3, -0.25) is 4.79 Å². The van der Waals surface area contributed by atoms with E-state index in [-0.39, 0.29) is 16.8 Å². The van der Waals surface area contributed by atoms with Crippen LogP contribution in [0, 0.1) is 5.92 Å². The summed E-state index contributed by atoms with van der Waals surface area (Å²) in [4.78, 5) is 17.9. The number of hydrogen-bond acceptors (Lipinski definition) is 5. The molecule has 1 aromatic carbocycles. The van der Waals surface area contributed by atoms with Crippen molar-refractivity contribution < 1.29 is 13.2 Å². The number of carbonyl (C=O) groups excluding carboxylic acids is 1. The van der Waals surface area contributed by atoms with Gasteiger partial charge in [-0.25, -0.2) is 18.1 Å². The van der Waals surface area contributed by atoms with E-state index < -0.39 is 10.0 Å². The Balaban J connectivity index is 1.89. The van der Waals surface area contributed by atoms with Crippen LogP contribution in [0.4, 0.5) is 5.69 Å². The molecule has 2 aromatic rings. The molecule has 1 aliphatic rings. The van der Waals surface area contributed by atoms with Gasteiger partial charge in [-0.15, -0.1) is 11.3 Å². The lowest BCUT2D eigenvalue weighted by atomic mass is 10.0. The summed E-state index contributed by atoms with van der Waals surface area (Å²) in [7, 11) is -1.97. The zero-order chi connectivity index (χ0) is 18.9. The van der Waals surface area contributed by atoms with Crippen molar-refractivity contribution in [3.8, 4) is 0 Å². The molecule has 0 bridgehead atoms. The summed E-state index contributed by atoms with van der Waals surface area (Å²) in [6, 6.07) is 4.60. The summed E-state index contributed by atoms with van der Waals surface area (Å²) in [5, 5.41) is 2.62. The van der Waals surface area contributed by atoms with Gasteiger partial charge in [-0.05, 0) is 42.5 Å². The van der Waals surface area contributed by atoms with Gasteiger partial charge in [-0.1, -0.05) is 13.8 Å². The number of thiazole rings is 1. The molecule has 1 atom stereocenters. The van der Waals surface area contributed by atoms with Crippen LogP contribution in [-0.4, -0.2) is 26.4 Å². The summed E-state index contributed by atoms with van der Waals surface area (Å²) in [5.74, 6) is 0.377. The standard InChI is InChI=1S/C18H23N3O3S2/c1-12(2)10-15(18-19-8-9-25-18)20-26(23,24)14-5-6-16-13(11-14)4-7-17(22)21(16)3/h5-6,8-9,11-12,15,20H,4,7,10H2,1-3H3. The number of fused-ring (bicyclic) bond motifs is 1. The highest BCUT2D eigenvalue weighted by Crippen LogP contribution is 2.30. The monoisotopic (exact) mass is 393 g/mol. The van der Waals surface area contributed by atoms with E-state index in [1.807, 2.05) is 5.38 Å². The lowest BCUT2D eigenvalue weighted by Gasteiger charge is -2.26. The van der Waals surface area contributed by atoms with E-state index >= 15 is 0 Å². The molecule has 1 aromatic heterocycles. The summed E-state index contributed by atoms with van der Waals surface area (Å²) in [5.41, 5.74) is 1.66. The number of benzene rings is 1. The van der Waals surface area contributed by atoms with E-state index in [2.05, 4.69) is 23.6 Å². The number of aromatic nitrogens is 1. The molecule has 1 N–H and O–H groups in total. The molecule has 1 unspecified atom stereocenters. The maximum atomic E-state index is 12.9. The molecule has 3 rings (SSSR count). The smallest absolute Gasteiger partial charge is 0.241 e. The maximum Gasteiger partial charge on any atom is 0.241 e. The van der Waals surface area contributed by atoms with E-state index in [0.717, 1.165) is 16.3 Å². The third-order valence-electron chi connectivity index (χ3n) is 4.46. The average molecular weight is 394 g/mol. The Morgan fingerprint density at radius 2 is 2.08 bits per heavy atom. The van der Waals surface area contributed by atoms with Gasteiger partial charge in [0.05, 0.1) is 10.9 Å². The van der Waals surface area contributed by atoms with Crippen LogP contribution in [0.3, 0.4) is 0 Å². The number of nitrogens with one attached hydrogen (secondary N) is 1. The quantitative estimate of drug-likeness (QED) is 0.818. The van der Waals surface area contributed by atoms with Crippen LogP contribution in [0.2, 0.25) is 0 Å². The Hall–Kier alpha value is -1.77. The maximum absolute atomic E-state index is 12.9. The van der Waals surface area contributed by atoms with Crippen molar-refractivity contribution in [2.24, 2.45) is 5.92 Å². The fourth-order valence-electron chi connectivity index (χ4n) is 3.13. The lowest BCUT2D eigenvalue weighted by Crippen LogP contribution is -2.32. The molecule has 0 radical (unpaired) electrons. The van der Waals surface area contributed by atoms with Crippen molar-refractivity contribution in [1.82, 2.24) is 9.71 Å². The zero-order valence-corrected chi connectivity index (χ0v) is 16.7. The molecule has 8 heteroatoms. The van der Waals surface area contributed by atoms with Gasteiger partial charge in [0, 0.05) is 30.7 Å². The number of sulfonamides is 1. The zero-order valence-electron chi connectivity index (χ0n) is 15.1. The molecule has 0 saturated heterocycles. The predicted molar refractivity (Wildman–Crippen MR) is 103 cm³/mol. The molecule has 140 valence electrons. The van der Waals surface area contributed by atoms with Gasteiger partial charge in [0.25, 0.3) is 0 Å². The van der Waals surface area contributed by atoms with Gasteiger partial charge in [0.1, 0.15) is 5.01 Å². The van der Waals surface area contributed by atoms with Crippen molar-refractivity contribution in [3.05, 3.63) is 40.3 Å². The molecule has 1 amide bonds. The second kappa shape index (κ2) is 7.46. The number of rotatable bonds is 6. The van der Waals surface area contributed by atoms with Crippen LogP contribution in [0.1, 0.15) is 43.3 Å². The number of carbonyl (C=O) groups is 1. The summed E-state index contributed by atoms with van der Waals surface area (Å²) in [6.07, 6.45) is 3.32. The SMILES string of the molecule is CC(C)CC(NS(=O)(=O)c1ccc2c(c1)CCC(=O)N2C)c1nccs1. The molecule has 6 nitrogen and oxygen atoms in total. The Morgan fingerprint density at radius 3 is 2.73 bits per heavy atom. The van der Waals surface area contributed by atoms with Crippen molar-refractivity contribution >= 4 is 33.0 Å². The molecular weight excluding hydrogens is 370 g/mol. The molecule has 2 heterocycles. The summed E-state index contributed by atoms with van der Waals surface area (Å²) < 4.78 is 28.7. The lowest BCUT2D eigenvalue weighted by molar-refractivity contribution is -0.118. The first-order valence-corrected chi connectivity index (χ1v) is 11.0. The highest BCUT2D eigenvalue weighted by Gasteiger charge is 2.27. The first-order valence-electron chi connectivity index (χ1n) is 8.59. The van der Waals surface area contributed by atoms with Gasteiger partial charge in [0.15, 0.2) is 0 Å². The van der Waals surface area contributed by atoms with Gasteiger partial charge >= 0.3 is 0 Å². The number of anilines is 1. The highest BCUT2D eigenvalue weighted by molar-refractivity contribution is 7.89. The average Bonchev–Trinajstić information content (AvgIpc) is 3.11. The highest BCUT2D eigenvalue weighted by atomic mass is 32.2. The van der Waals surface area contributed by atoms with Crippen LogP contribution in [0.15, 0.2) is 34.7 Å². The fourth-order valence-corrected chi connectivity index (χ4v) is 5.17. The molecule has 26 heavy (non-hydrogen) atoms. The number of amides is 1. The van der Waals surface area contributed by atoms with Crippen molar-refractivity contribution in [1.29, 1.82) is 0 Å². The largest absolute Gasteiger partial charge is 0.315 e. The molecule has 0 fully saturated rings. The van der Waals surface area contributed by atoms with Gasteiger partial charge in [0.2, 0.25) is 15.9 Å². The van der Waals surface area contributed by atoms with Crippen molar-refractivity contribution in [3.63, 3.8) is 0 Å². The Kier molecular flexibility index (Phi) is 5.45. The normalized spacial score (nSPS) is 16.0. The summed E-state index contributed by atoms with van der Waals surface area (Å²) in [6.45, 7) is 4.11. The molecular formula is C18H23N3O3S2. The first-order chi connectivity index (χ1) is 12.3. The first kappa shape index (κ1) is 19.0. The van der Waals surface area contributed by atoms with E-state index in [1.165, 1.54) is 11.3 Å². The molecule has 0 aliphatic carbocycles. The van der Waals surface area contributed by atoms with Crippen LogP contribution in [0.5, 0.6) is 0 Å². The molecule has 0 spiro atoms. The predicted octanol–water partition coefficient (Wildman–Crippen LogP) is 3.12. The van der Waals surface area contributed by atoms with E-state index in [1.54, 1.807) is 36.3 Å². The second-order valence-electron chi connectivity index (χ2n) is 6.92. The Morgan fingerprint density at radius 1 is 1.31 bits per heavy atom.